The molecule has 1 aromatic carbocycles. The molecule has 0 radical (unpaired) electrons. The molecule has 122 valence electrons. The van der Waals surface area contributed by atoms with E-state index in [1.807, 2.05) is 13.8 Å². The molecule has 22 heavy (non-hydrogen) atoms. The molecule has 0 unspecified atom stereocenters. The van der Waals surface area contributed by atoms with Gasteiger partial charge in [-0.05, 0) is 39.3 Å². The van der Waals surface area contributed by atoms with Crippen LogP contribution in [0.3, 0.4) is 0 Å². The average Bonchev–Trinajstić information content (AvgIpc) is 2.41. The standard InChI is InChI=1S/C16H24N2O4/c1-5-21-15(20)16(3,4)8-9-22-12-6-7-14(13(17)10-12)18-11(2)19/h6-7,10H,5,8-9,17H2,1-4H3,(H,18,19). The number of ether oxygens (including phenoxy) is 2. The van der Waals surface area contributed by atoms with Crippen LogP contribution in [-0.4, -0.2) is 25.1 Å². The van der Waals surface area contributed by atoms with Gasteiger partial charge in [-0.15, -0.1) is 0 Å². The molecule has 1 rings (SSSR count). The fraction of sp³-hybridized carbons (Fsp3) is 0.500. The van der Waals surface area contributed by atoms with Crippen LogP contribution in [0.15, 0.2) is 18.2 Å². The van der Waals surface area contributed by atoms with Gasteiger partial charge in [0.15, 0.2) is 0 Å². The van der Waals surface area contributed by atoms with Gasteiger partial charge in [-0.1, -0.05) is 0 Å². The third kappa shape index (κ3) is 5.27. The maximum Gasteiger partial charge on any atom is 0.311 e. The first-order valence-electron chi connectivity index (χ1n) is 7.23. The Bertz CT molecular complexity index is 541. The second-order valence-electron chi connectivity index (χ2n) is 5.63. The highest BCUT2D eigenvalue weighted by Crippen LogP contribution is 2.26. The van der Waals surface area contributed by atoms with Crippen molar-refractivity contribution in [3.05, 3.63) is 18.2 Å². The number of nitrogen functional groups attached to an aromatic ring is 1. The van der Waals surface area contributed by atoms with Crippen LogP contribution in [0.25, 0.3) is 0 Å². The molecule has 0 bridgehead atoms. The predicted octanol–water partition coefficient (Wildman–Crippen LogP) is 2.59. The molecule has 1 amide bonds. The molecule has 0 saturated carbocycles. The van der Waals surface area contributed by atoms with Crippen molar-refractivity contribution in [2.75, 3.05) is 24.3 Å². The molecular weight excluding hydrogens is 284 g/mol. The smallest absolute Gasteiger partial charge is 0.311 e. The van der Waals surface area contributed by atoms with Gasteiger partial charge >= 0.3 is 5.97 Å². The van der Waals surface area contributed by atoms with E-state index in [0.29, 0.717) is 36.8 Å². The number of nitrogens with two attached hydrogens (primary N) is 1. The van der Waals surface area contributed by atoms with Crippen molar-refractivity contribution in [3.8, 4) is 5.75 Å². The Morgan fingerprint density at radius 2 is 2.00 bits per heavy atom. The second kappa shape index (κ2) is 7.68. The van der Waals surface area contributed by atoms with Gasteiger partial charge in [0.25, 0.3) is 0 Å². The molecular formula is C16H24N2O4. The Hall–Kier alpha value is -2.24. The number of amides is 1. The van der Waals surface area contributed by atoms with Crippen LogP contribution in [0.5, 0.6) is 5.75 Å². The minimum atomic E-state index is -0.600. The predicted molar refractivity (Wildman–Crippen MR) is 85.7 cm³/mol. The number of carbonyl (C=O) groups is 2. The van der Waals surface area contributed by atoms with Crippen molar-refractivity contribution < 1.29 is 19.1 Å². The van der Waals surface area contributed by atoms with Crippen LogP contribution in [0.4, 0.5) is 11.4 Å². The summed E-state index contributed by atoms with van der Waals surface area (Å²) in [7, 11) is 0. The van der Waals surface area contributed by atoms with Crippen molar-refractivity contribution in [2.24, 2.45) is 5.41 Å². The molecule has 0 aliphatic rings. The van der Waals surface area contributed by atoms with Gasteiger partial charge in [0.1, 0.15) is 5.75 Å². The molecule has 6 heteroatoms. The topological polar surface area (TPSA) is 90.6 Å². The maximum atomic E-state index is 11.8. The fourth-order valence-corrected chi connectivity index (χ4v) is 1.79. The molecule has 0 aliphatic carbocycles. The number of carbonyl (C=O) groups excluding carboxylic acids is 2. The van der Waals surface area contributed by atoms with E-state index < -0.39 is 5.41 Å². The zero-order chi connectivity index (χ0) is 16.8. The molecule has 6 nitrogen and oxygen atoms in total. The molecule has 0 atom stereocenters. The van der Waals surface area contributed by atoms with E-state index >= 15 is 0 Å². The molecule has 1 aromatic rings. The number of esters is 1. The summed E-state index contributed by atoms with van der Waals surface area (Å²) in [5, 5.41) is 2.63. The van der Waals surface area contributed by atoms with Gasteiger partial charge in [-0.3, -0.25) is 9.59 Å². The number of anilines is 2. The first-order valence-corrected chi connectivity index (χ1v) is 7.23. The molecule has 0 heterocycles. The first kappa shape index (κ1) is 17.8. The molecule has 0 aliphatic heterocycles. The molecule has 0 saturated heterocycles. The SMILES string of the molecule is CCOC(=O)C(C)(C)CCOc1ccc(NC(C)=O)c(N)c1. The van der Waals surface area contributed by atoms with E-state index in [0.717, 1.165) is 0 Å². The lowest BCUT2D eigenvalue weighted by atomic mass is 9.90. The van der Waals surface area contributed by atoms with E-state index in [4.69, 9.17) is 15.2 Å². The van der Waals surface area contributed by atoms with Crippen LogP contribution in [0.2, 0.25) is 0 Å². The summed E-state index contributed by atoms with van der Waals surface area (Å²) in [6.45, 7) is 7.57. The summed E-state index contributed by atoms with van der Waals surface area (Å²) in [5.74, 6) is 0.168. The quantitative estimate of drug-likeness (QED) is 0.597. The van der Waals surface area contributed by atoms with Crippen LogP contribution >= 0.6 is 0 Å². The normalized spacial score (nSPS) is 10.9. The van der Waals surface area contributed by atoms with E-state index in [-0.39, 0.29) is 11.9 Å². The third-order valence-electron chi connectivity index (χ3n) is 3.16. The van der Waals surface area contributed by atoms with Crippen LogP contribution in [0, 0.1) is 5.41 Å². The van der Waals surface area contributed by atoms with Gasteiger partial charge in [-0.25, -0.2) is 0 Å². The Kier molecular flexibility index (Phi) is 6.22. The number of rotatable bonds is 7. The summed E-state index contributed by atoms with van der Waals surface area (Å²) in [6, 6.07) is 5.05. The van der Waals surface area contributed by atoms with E-state index in [1.165, 1.54) is 6.92 Å². The van der Waals surface area contributed by atoms with Crippen LogP contribution < -0.4 is 15.8 Å². The second-order valence-corrected chi connectivity index (χ2v) is 5.63. The zero-order valence-electron chi connectivity index (χ0n) is 13.6. The van der Waals surface area contributed by atoms with Crippen LogP contribution in [-0.2, 0) is 14.3 Å². The van der Waals surface area contributed by atoms with Crippen molar-refractivity contribution in [1.82, 2.24) is 0 Å². The summed E-state index contributed by atoms with van der Waals surface area (Å²) in [4.78, 5) is 22.8. The number of benzene rings is 1. The van der Waals surface area contributed by atoms with Gasteiger partial charge in [-0.2, -0.15) is 0 Å². The van der Waals surface area contributed by atoms with E-state index in [1.54, 1.807) is 25.1 Å². The number of hydrogen-bond acceptors (Lipinski definition) is 5. The van der Waals surface area contributed by atoms with Gasteiger partial charge in [0, 0.05) is 13.0 Å². The van der Waals surface area contributed by atoms with Crippen molar-refractivity contribution in [1.29, 1.82) is 0 Å². The maximum absolute atomic E-state index is 11.8. The number of hydrogen-bond donors (Lipinski definition) is 2. The third-order valence-corrected chi connectivity index (χ3v) is 3.16. The largest absolute Gasteiger partial charge is 0.493 e. The zero-order valence-corrected chi connectivity index (χ0v) is 13.6. The minimum Gasteiger partial charge on any atom is -0.493 e. The molecule has 3 N–H and O–H groups in total. The Morgan fingerprint density at radius 3 is 2.55 bits per heavy atom. The van der Waals surface area contributed by atoms with Crippen molar-refractivity contribution >= 4 is 23.3 Å². The lowest BCUT2D eigenvalue weighted by molar-refractivity contribution is -0.154. The van der Waals surface area contributed by atoms with Gasteiger partial charge < -0.3 is 20.5 Å². The van der Waals surface area contributed by atoms with Crippen molar-refractivity contribution in [2.45, 2.75) is 34.1 Å². The van der Waals surface area contributed by atoms with Crippen LogP contribution in [0.1, 0.15) is 34.1 Å². The Labute approximate surface area is 131 Å². The lowest BCUT2D eigenvalue weighted by Crippen LogP contribution is -2.28. The first-order chi connectivity index (χ1) is 10.3. The Balaban J connectivity index is 2.57. The summed E-state index contributed by atoms with van der Waals surface area (Å²) < 4.78 is 10.6. The lowest BCUT2D eigenvalue weighted by Gasteiger charge is -2.22. The summed E-state index contributed by atoms with van der Waals surface area (Å²) >= 11 is 0. The highest BCUT2D eigenvalue weighted by atomic mass is 16.5. The summed E-state index contributed by atoms with van der Waals surface area (Å²) in [6.07, 6.45) is 0.527. The molecule has 0 aromatic heterocycles. The van der Waals surface area contributed by atoms with Gasteiger partial charge in [0.2, 0.25) is 5.91 Å². The fourth-order valence-electron chi connectivity index (χ4n) is 1.79. The Morgan fingerprint density at radius 1 is 1.32 bits per heavy atom. The number of nitrogens with one attached hydrogen (secondary N) is 1. The van der Waals surface area contributed by atoms with Crippen molar-refractivity contribution in [3.63, 3.8) is 0 Å². The monoisotopic (exact) mass is 308 g/mol. The highest BCUT2D eigenvalue weighted by molar-refractivity contribution is 5.92. The molecule has 0 fully saturated rings. The summed E-state index contributed by atoms with van der Waals surface area (Å²) in [5.41, 5.74) is 6.22. The van der Waals surface area contributed by atoms with E-state index in [9.17, 15) is 9.59 Å². The van der Waals surface area contributed by atoms with E-state index in [2.05, 4.69) is 5.32 Å². The minimum absolute atomic E-state index is 0.184. The average molecular weight is 308 g/mol. The van der Waals surface area contributed by atoms with Gasteiger partial charge in [0.05, 0.1) is 30.0 Å². The molecule has 0 spiro atoms. The highest BCUT2D eigenvalue weighted by Gasteiger charge is 2.28.